The average molecular weight is 282 g/mol. The van der Waals surface area contributed by atoms with Gasteiger partial charge in [-0.25, -0.2) is 4.98 Å². The van der Waals surface area contributed by atoms with Gasteiger partial charge in [-0.2, -0.15) is 0 Å². The van der Waals surface area contributed by atoms with Gasteiger partial charge in [-0.1, -0.05) is 34.8 Å². The number of pyridine rings is 1. The van der Waals surface area contributed by atoms with Crippen molar-refractivity contribution in [3.05, 3.63) is 21.3 Å². The molecule has 6 heteroatoms. The molecular weight excluding hydrogens is 270 g/mol. The Labute approximate surface area is 109 Å². The smallest absolute Gasteiger partial charge is 0.150 e. The molecule has 1 N–H and O–H groups in total. The van der Waals surface area contributed by atoms with E-state index in [0.29, 0.717) is 22.4 Å². The summed E-state index contributed by atoms with van der Waals surface area (Å²) in [6.07, 6.45) is 2.40. The number of hydrogen-bond acceptors (Lipinski definition) is 3. The monoisotopic (exact) mass is 280 g/mol. The second kappa shape index (κ2) is 5.41. The van der Waals surface area contributed by atoms with E-state index in [1.807, 2.05) is 0 Å². The average Bonchev–Trinajstić information content (AvgIpc) is 2.74. The molecule has 3 nitrogen and oxygen atoms in total. The zero-order valence-electron chi connectivity index (χ0n) is 8.47. The van der Waals surface area contributed by atoms with Crippen molar-refractivity contribution in [2.24, 2.45) is 0 Å². The molecule has 2 heterocycles. The van der Waals surface area contributed by atoms with Crippen LogP contribution in [0.15, 0.2) is 6.07 Å². The summed E-state index contributed by atoms with van der Waals surface area (Å²) >= 11 is 17.6. The zero-order chi connectivity index (χ0) is 11.5. The first kappa shape index (κ1) is 12.2. The Hall–Kier alpha value is -0.220. The van der Waals surface area contributed by atoms with Crippen molar-refractivity contribution in [2.45, 2.75) is 18.9 Å². The molecule has 88 valence electrons. The first-order valence-electron chi connectivity index (χ1n) is 5.04. The lowest BCUT2D eigenvalue weighted by molar-refractivity contribution is 0.120. The summed E-state index contributed by atoms with van der Waals surface area (Å²) in [5, 5.41) is 4.18. The molecule has 16 heavy (non-hydrogen) atoms. The predicted molar refractivity (Wildman–Crippen MR) is 66.7 cm³/mol. The fourth-order valence-electron chi connectivity index (χ4n) is 1.58. The van der Waals surface area contributed by atoms with E-state index in [1.54, 1.807) is 6.07 Å². The largest absolute Gasteiger partial charge is 0.376 e. The van der Waals surface area contributed by atoms with Gasteiger partial charge < -0.3 is 10.1 Å². The van der Waals surface area contributed by atoms with Gasteiger partial charge in [0.25, 0.3) is 0 Å². The topological polar surface area (TPSA) is 34.1 Å². The second-order valence-electron chi connectivity index (χ2n) is 3.61. The van der Waals surface area contributed by atoms with Crippen LogP contribution in [0, 0.1) is 0 Å². The number of nitrogens with zero attached hydrogens (tertiary/aromatic N) is 1. The van der Waals surface area contributed by atoms with Crippen molar-refractivity contribution in [1.82, 2.24) is 4.98 Å². The maximum absolute atomic E-state index is 5.98. The second-order valence-corrected chi connectivity index (χ2v) is 4.78. The summed E-state index contributed by atoms with van der Waals surface area (Å²) in [5.74, 6) is 0.548. The molecule has 0 radical (unpaired) electrons. The summed E-state index contributed by atoms with van der Waals surface area (Å²) in [4.78, 5) is 4.07. The Morgan fingerprint density at radius 3 is 2.88 bits per heavy atom. The Morgan fingerprint density at radius 2 is 2.19 bits per heavy atom. The quantitative estimate of drug-likeness (QED) is 0.859. The fraction of sp³-hybridized carbons (Fsp3) is 0.500. The third-order valence-electron chi connectivity index (χ3n) is 2.41. The Morgan fingerprint density at radius 1 is 1.38 bits per heavy atom. The Kier molecular flexibility index (Phi) is 4.14. The van der Waals surface area contributed by atoms with Crippen molar-refractivity contribution < 1.29 is 4.74 Å². The zero-order valence-corrected chi connectivity index (χ0v) is 10.7. The van der Waals surface area contributed by atoms with Crippen molar-refractivity contribution >= 4 is 40.6 Å². The van der Waals surface area contributed by atoms with Crippen molar-refractivity contribution in [3.8, 4) is 0 Å². The van der Waals surface area contributed by atoms with Crippen LogP contribution in [0.4, 0.5) is 5.82 Å². The maximum atomic E-state index is 5.98. The van der Waals surface area contributed by atoms with Crippen LogP contribution in [0.5, 0.6) is 0 Å². The third kappa shape index (κ3) is 2.92. The fourth-order valence-corrected chi connectivity index (χ4v) is 2.15. The van der Waals surface area contributed by atoms with E-state index >= 15 is 0 Å². The highest BCUT2D eigenvalue weighted by molar-refractivity contribution is 6.42. The summed E-state index contributed by atoms with van der Waals surface area (Å²) < 4.78 is 5.48. The highest BCUT2D eigenvalue weighted by Gasteiger charge is 2.16. The number of aromatic nitrogens is 1. The van der Waals surface area contributed by atoms with E-state index in [0.717, 1.165) is 19.4 Å². The molecule has 1 saturated heterocycles. The Bertz CT molecular complexity index is 381. The number of hydrogen-bond donors (Lipinski definition) is 1. The van der Waals surface area contributed by atoms with E-state index in [-0.39, 0.29) is 11.3 Å². The minimum atomic E-state index is 0.229. The van der Waals surface area contributed by atoms with Crippen LogP contribution >= 0.6 is 34.8 Å². The number of halogens is 3. The number of ether oxygens (including phenoxy) is 1. The summed E-state index contributed by atoms with van der Waals surface area (Å²) in [6.45, 7) is 1.51. The van der Waals surface area contributed by atoms with E-state index < -0.39 is 0 Å². The first-order valence-corrected chi connectivity index (χ1v) is 6.17. The van der Waals surface area contributed by atoms with Crippen LogP contribution in [0.1, 0.15) is 12.8 Å². The van der Waals surface area contributed by atoms with Crippen molar-refractivity contribution in [2.75, 3.05) is 18.5 Å². The summed E-state index contributed by atoms with van der Waals surface area (Å²) in [6, 6.07) is 1.58. The molecule has 1 aromatic heterocycles. The van der Waals surface area contributed by atoms with E-state index in [2.05, 4.69) is 10.3 Å². The van der Waals surface area contributed by atoms with Crippen LogP contribution < -0.4 is 5.32 Å². The Balaban J connectivity index is 2.00. The van der Waals surface area contributed by atoms with Crippen LogP contribution in [0.25, 0.3) is 0 Å². The molecule has 1 atom stereocenters. The van der Waals surface area contributed by atoms with Crippen molar-refractivity contribution in [3.63, 3.8) is 0 Å². The van der Waals surface area contributed by atoms with Crippen LogP contribution in [0.2, 0.25) is 15.2 Å². The van der Waals surface area contributed by atoms with Gasteiger partial charge in [-0.05, 0) is 18.9 Å². The molecule has 0 saturated carbocycles. The van der Waals surface area contributed by atoms with Crippen molar-refractivity contribution in [1.29, 1.82) is 0 Å². The number of nitrogens with one attached hydrogen (secondary N) is 1. The minimum Gasteiger partial charge on any atom is -0.376 e. The van der Waals surface area contributed by atoms with Gasteiger partial charge in [0.05, 0.1) is 16.1 Å². The lowest BCUT2D eigenvalue weighted by Gasteiger charge is -2.12. The van der Waals surface area contributed by atoms with Gasteiger partial charge in [-0.15, -0.1) is 0 Å². The van der Waals surface area contributed by atoms with Gasteiger partial charge in [0, 0.05) is 13.2 Å². The molecule has 1 aromatic rings. The highest BCUT2D eigenvalue weighted by Crippen LogP contribution is 2.29. The molecule has 0 aliphatic carbocycles. The minimum absolute atomic E-state index is 0.229. The molecule has 2 rings (SSSR count). The van der Waals surface area contributed by atoms with Gasteiger partial charge in [-0.3, -0.25) is 0 Å². The maximum Gasteiger partial charge on any atom is 0.150 e. The van der Waals surface area contributed by atoms with Gasteiger partial charge in [0.1, 0.15) is 11.0 Å². The van der Waals surface area contributed by atoms with E-state index in [4.69, 9.17) is 39.5 Å². The first-order chi connectivity index (χ1) is 7.66. The van der Waals surface area contributed by atoms with Gasteiger partial charge >= 0.3 is 0 Å². The third-order valence-corrected chi connectivity index (χ3v) is 3.37. The summed E-state index contributed by atoms with van der Waals surface area (Å²) in [7, 11) is 0. The molecular formula is C10H11Cl3N2O. The normalized spacial score (nSPS) is 20.1. The molecule has 0 spiro atoms. The highest BCUT2D eigenvalue weighted by atomic mass is 35.5. The van der Waals surface area contributed by atoms with Gasteiger partial charge in [0.2, 0.25) is 0 Å². The van der Waals surface area contributed by atoms with Crippen LogP contribution in [-0.2, 0) is 4.74 Å². The molecule has 1 aliphatic rings. The molecule has 1 fully saturated rings. The SMILES string of the molecule is Clc1cc(Cl)c(NCC2CCCO2)nc1Cl. The molecule has 1 unspecified atom stereocenters. The standard InChI is InChI=1S/C10H11Cl3N2O/c11-7-4-8(12)10(15-9(7)13)14-5-6-2-1-3-16-6/h4,6H,1-3,5H2,(H,14,15). The summed E-state index contributed by atoms with van der Waals surface area (Å²) in [5.41, 5.74) is 0. The molecule has 0 bridgehead atoms. The lowest BCUT2D eigenvalue weighted by Crippen LogP contribution is -2.19. The van der Waals surface area contributed by atoms with E-state index in [9.17, 15) is 0 Å². The molecule has 0 aromatic carbocycles. The predicted octanol–water partition coefficient (Wildman–Crippen LogP) is 3.63. The van der Waals surface area contributed by atoms with E-state index in [1.165, 1.54) is 0 Å². The van der Waals surface area contributed by atoms with Gasteiger partial charge in [0.15, 0.2) is 0 Å². The molecule has 1 aliphatic heterocycles. The molecule has 0 amide bonds. The van der Waals surface area contributed by atoms with Crippen LogP contribution in [0.3, 0.4) is 0 Å². The van der Waals surface area contributed by atoms with Crippen LogP contribution in [-0.4, -0.2) is 24.2 Å². The lowest BCUT2D eigenvalue weighted by atomic mass is 10.2. The number of anilines is 1. The number of rotatable bonds is 3.